The minimum Gasteiger partial charge on any atom is -0.316 e. The van der Waals surface area contributed by atoms with Crippen LogP contribution in [0.15, 0.2) is 0 Å². The monoisotopic (exact) mass is 207 g/mol. The second-order valence-electron chi connectivity index (χ2n) is 6.20. The molecule has 0 spiro atoms. The van der Waals surface area contributed by atoms with Crippen molar-refractivity contribution in [1.29, 1.82) is 0 Å². The van der Waals surface area contributed by atoms with E-state index >= 15 is 0 Å². The van der Waals surface area contributed by atoms with Gasteiger partial charge in [0.15, 0.2) is 0 Å². The van der Waals surface area contributed by atoms with Crippen molar-refractivity contribution < 1.29 is 0 Å². The van der Waals surface area contributed by atoms with Gasteiger partial charge in [-0.25, -0.2) is 0 Å². The highest BCUT2D eigenvalue weighted by Gasteiger charge is 2.48. The molecule has 0 aromatic carbocycles. The fourth-order valence-electron chi connectivity index (χ4n) is 4.40. The largest absolute Gasteiger partial charge is 0.316 e. The molecule has 15 heavy (non-hydrogen) atoms. The van der Waals surface area contributed by atoms with E-state index in [0.717, 1.165) is 29.7 Å². The zero-order chi connectivity index (χ0) is 10.3. The lowest BCUT2D eigenvalue weighted by Crippen LogP contribution is -2.40. The predicted molar refractivity (Wildman–Crippen MR) is 63.7 cm³/mol. The van der Waals surface area contributed by atoms with Gasteiger partial charge in [-0.1, -0.05) is 19.3 Å². The first-order valence-electron chi connectivity index (χ1n) is 7.05. The molecular formula is C14H25N. The molecule has 0 aliphatic heterocycles. The Balaban J connectivity index is 1.59. The zero-order valence-electron chi connectivity index (χ0n) is 10.0. The van der Waals surface area contributed by atoms with Gasteiger partial charge in [-0.3, -0.25) is 0 Å². The van der Waals surface area contributed by atoms with Gasteiger partial charge in [0.05, 0.1) is 0 Å². The van der Waals surface area contributed by atoms with Crippen LogP contribution in [0, 0.1) is 23.7 Å². The molecule has 3 unspecified atom stereocenters. The summed E-state index contributed by atoms with van der Waals surface area (Å²) in [5.41, 5.74) is 0. The lowest BCUT2D eigenvalue weighted by molar-refractivity contribution is 0.207. The van der Waals surface area contributed by atoms with Crippen LogP contribution in [0.3, 0.4) is 0 Å². The number of hydrogen-bond donors (Lipinski definition) is 1. The van der Waals surface area contributed by atoms with Crippen LogP contribution in [0.5, 0.6) is 0 Å². The Labute approximate surface area is 94.0 Å². The van der Waals surface area contributed by atoms with E-state index in [1.54, 1.807) is 19.3 Å². The van der Waals surface area contributed by atoms with Crippen molar-refractivity contribution in [2.45, 2.75) is 57.4 Å². The van der Waals surface area contributed by atoms with Crippen molar-refractivity contribution in [1.82, 2.24) is 5.32 Å². The van der Waals surface area contributed by atoms with Gasteiger partial charge in [-0.2, -0.15) is 0 Å². The summed E-state index contributed by atoms with van der Waals surface area (Å²) < 4.78 is 0. The van der Waals surface area contributed by atoms with Crippen molar-refractivity contribution in [3.63, 3.8) is 0 Å². The number of hydrogen-bond acceptors (Lipinski definition) is 1. The van der Waals surface area contributed by atoms with E-state index in [1.807, 2.05) is 0 Å². The van der Waals surface area contributed by atoms with Crippen molar-refractivity contribution in [3.05, 3.63) is 0 Å². The molecule has 3 saturated carbocycles. The highest BCUT2D eigenvalue weighted by Crippen LogP contribution is 2.56. The van der Waals surface area contributed by atoms with E-state index in [9.17, 15) is 0 Å². The van der Waals surface area contributed by atoms with E-state index in [4.69, 9.17) is 0 Å². The summed E-state index contributed by atoms with van der Waals surface area (Å²) in [7, 11) is 2.20. The average molecular weight is 207 g/mol. The fourth-order valence-corrected chi connectivity index (χ4v) is 4.40. The van der Waals surface area contributed by atoms with E-state index in [2.05, 4.69) is 12.4 Å². The molecule has 3 rings (SSSR count). The number of nitrogens with one attached hydrogen (secondary N) is 1. The molecular weight excluding hydrogens is 182 g/mol. The van der Waals surface area contributed by atoms with E-state index in [1.165, 1.54) is 32.1 Å². The Kier molecular flexibility index (Phi) is 2.76. The molecule has 3 fully saturated rings. The third-order valence-electron chi connectivity index (χ3n) is 5.28. The van der Waals surface area contributed by atoms with Crippen LogP contribution in [0.25, 0.3) is 0 Å². The van der Waals surface area contributed by atoms with Crippen LogP contribution in [0.1, 0.15) is 51.4 Å². The predicted octanol–water partition coefficient (Wildman–Crippen LogP) is 3.20. The van der Waals surface area contributed by atoms with Gasteiger partial charge in [-0.15, -0.1) is 0 Å². The second kappa shape index (κ2) is 4.08. The van der Waals surface area contributed by atoms with Crippen molar-refractivity contribution in [2.24, 2.45) is 23.7 Å². The molecule has 1 nitrogen and oxygen atoms in total. The number of rotatable bonds is 3. The maximum atomic E-state index is 3.65. The first kappa shape index (κ1) is 10.1. The smallest absolute Gasteiger partial charge is 0.0121 e. The minimum absolute atomic E-state index is 0.859. The SMILES string of the molecule is CNC(C1CCCCC1)C1CC2CC2C1. The van der Waals surface area contributed by atoms with Gasteiger partial charge in [0.25, 0.3) is 0 Å². The Morgan fingerprint density at radius 2 is 1.53 bits per heavy atom. The fraction of sp³-hybridized carbons (Fsp3) is 1.00. The summed E-state index contributed by atoms with van der Waals surface area (Å²) in [6.45, 7) is 0. The van der Waals surface area contributed by atoms with Gasteiger partial charge in [0, 0.05) is 6.04 Å². The van der Waals surface area contributed by atoms with Gasteiger partial charge < -0.3 is 5.32 Å². The lowest BCUT2D eigenvalue weighted by Gasteiger charge is -2.34. The zero-order valence-corrected chi connectivity index (χ0v) is 10.0. The molecule has 0 aromatic heterocycles. The quantitative estimate of drug-likeness (QED) is 0.749. The average Bonchev–Trinajstić information content (AvgIpc) is 2.89. The molecule has 0 aromatic rings. The molecule has 0 heterocycles. The minimum atomic E-state index is 0.859. The van der Waals surface area contributed by atoms with E-state index in [0.29, 0.717) is 0 Å². The van der Waals surface area contributed by atoms with Gasteiger partial charge in [0.2, 0.25) is 0 Å². The molecule has 0 radical (unpaired) electrons. The maximum absolute atomic E-state index is 3.65. The van der Waals surface area contributed by atoms with Crippen LogP contribution < -0.4 is 5.32 Å². The number of fused-ring (bicyclic) bond motifs is 1. The Bertz CT molecular complexity index is 207. The summed E-state index contributed by atoms with van der Waals surface area (Å²) in [6.07, 6.45) is 12.1. The van der Waals surface area contributed by atoms with E-state index in [-0.39, 0.29) is 0 Å². The highest BCUT2D eigenvalue weighted by atomic mass is 14.9. The Morgan fingerprint density at radius 1 is 0.867 bits per heavy atom. The summed E-state index contributed by atoms with van der Waals surface area (Å²) in [4.78, 5) is 0. The van der Waals surface area contributed by atoms with Gasteiger partial charge in [0.1, 0.15) is 0 Å². The van der Waals surface area contributed by atoms with Gasteiger partial charge >= 0.3 is 0 Å². The molecule has 86 valence electrons. The second-order valence-corrected chi connectivity index (χ2v) is 6.20. The van der Waals surface area contributed by atoms with Crippen molar-refractivity contribution in [2.75, 3.05) is 7.05 Å². The van der Waals surface area contributed by atoms with Crippen LogP contribution in [-0.2, 0) is 0 Å². The van der Waals surface area contributed by atoms with Crippen molar-refractivity contribution >= 4 is 0 Å². The highest BCUT2D eigenvalue weighted by molar-refractivity contribution is 5.00. The molecule has 0 saturated heterocycles. The summed E-state index contributed by atoms with van der Waals surface area (Å²) in [5.74, 6) is 4.33. The molecule has 3 aliphatic rings. The Hall–Kier alpha value is -0.0400. The van der Waals surface area contributed by atoms with Crippen LogP contribution in [0.2, 0.25) is 0 Å². The standard InChI is InChI=1S/C14H25N/c1-15-14(10-5-3-2-4-6-10)13-8-11-7-12(11)9-13/h10-15H,2-9H2,1H3. The van der Waals surface area contributed by atoms with Crippen LogP contribution >= 0.6 is 0 Å². The third kappa shape index (κ3) is 1.95. The molecule has 1 N–H and O–H groups in total. The third-order valence-corrected chi connectivity index (χ3v) is 5.28. The van der Waals surface area contributed by atoms with Crippen LogP contribution in [0.4, 0.5) is 0 Å². The summed E-state index contributed by atoms with van der Waals surface area (Å²) >= 11 is 0. The maximum Gasteiger partial charge on any atom is 0.0121 e. The Morgan fingerprint density at radius 3 is 2.13 bits per heavy atom. The normalized spacial score (nSPS) is 42.6. The van der Waals surface area contributed by atoms with Crippen molar-refractivity contribution in [3.8, 4) is 0 Å². The van der Waals surface area contributed by atoms with Gasteiger partial charge in [-0.05, 0) is 62.8 Å². The molecule has 0 bridgehead atoms. The van der Waals surface area contributed by atoms with E-state index < -0.39 is 0 Å². The molecule has 3 atom stereocenters. The molecule has 1 heteroatoms. The summed E-state index contributed by atoms with van der Waals surface area (Å²) in [5, 5.41) is 3.65. The molecule has 3 aliphatic carbocycles. The topological polar surface area (TPSA) is 12.0 Å². The molecule has 0 amide bonds. The summed E-state index contributed by atoms with van der Waals surface area (Å²) in [6, 6.07) is 0.859. The lowest BCUT2D eigenvalue weighted by atomic mass is 9.77. The van der Waals surface area contributed by atoms with Crippen LogP contribution in [-0.4, -0.2) is 13.1 Å². The first-order valence-corrected chi connectivity index (χ1v) is 7.05. The first-order chi connectivity index (χ1) is 7.38.